The fourth-order valence-electron chi connectivity index (χ4n) is 3.75. The van der Waals surface area contributed by atoms with E-state index in [1.807, 2.05) is 41.3 Å². The van der Waals surface area contributed by atoms with Crippen molar-refractivity contribution in [2.24, 2.45) is 0 Å². The van der Waals surface area contributed by atoms with Crippen LogP contribution in [-0.2, 0) is 21.2 Å². The molecule has 0 aliphatic carbocycles. The summed E-state index contributed by atoms with van der Waals surface area (Å²) >= 11 is 1.20. The molecule has 3 aromatic rings. The number of sulfonamides is 1. The van der Waals surface area contributed by atoms with E-state index in [-0.39, 0.29) is 11.9 Å². The van der Waals surface area contributed by atoms with Gasteiger partial charge in [0.25, 0.3) is 0 Å². The Hall–Kier alpha value is -2.62. The van der Waals surface area contributed by atoms with Crippen molar-refractivity contribution in [2.45, 2.75) is 35.9 Å². The number of thiophene rings is 1. The lowest BCUT2D eigenvalue weighted by Gasteiger charge is -2.32. The minimum Gasteiger partial charge on any atom is -0.497 e. The number of hydrogen-bond acceptors (Lipinski definition) is 6. The molecule has 0 saturated carbocycles. The molecular formula is C23H26N2O5S2. The van der Waals surface area contributed by atoms with Gasteiger partial charge in [0.1, 0.15) is 21.5 Å². The largest absolute Gasteiger partial charge is 0.497 e. The van der Waals surface area contributed by atoms with Gasteiger partial charge in [-0.05, 0) is 60.7 Å². The molecule has 0 unspecified atom stereocenters. The molecule has 7 nitrogen and oxygen atoms in total. The number of benzene rings is 1. The lowest BCUT2D eigenvalue weighted by molar-refractivity contribution is -0.132. The lowest BCUT2D eigenvalue weighted by Crippen LogP contribution is -2.46. The second kappa shape index (κ2) is 9.89. The number of piperidine rings is 1. The van der Waals surface area contributed by atoms with Gasteiger partial charge in [0.15, 0.2) is 0 Å². The van der Waals surface area contributed by atoms with Crippen LogP contribution in [0.5, 0.6) is 5.75 Å². The van der Waals surface area contributed by atoms with Gasteiger partial charge in [-0.15, -0.1) is 11.3 Å². The van der Waals surface area contributed by atoms with E-state index in [0.29, 0.717) is 43.0 Å². The molecule has 0 radical (unpaired) electrons. The Morgan fingerprint density at radius 1 is 1.16 bits per heavy atom. The van der Waals surface area contributed by atoms with E-state index in [2.05, 4.69) is 4.72 Å². The lowest BCUT2D eigenvalue weighted by atomic mass is 10.1. The van der Waals surface area contributed by atoms with E-state index in [1.165, 1.54) is 11.3 Å². The number of amides is 1. The Labute approximate surface area is 192 Å². The minimum atomic E-state index is -3.48. The van der Waals surface area contributed by atoms with E-state index >= 15 is 0 Å². The SMILES string of the molecule is COc1ccc(-c2ccc(CCC(=O)N3CCC(NS(=O)(=O)c4cccs4)CC3)o2)cc1. The molecule has 3 heterocycles. The van der Waals surface area contributed by atoms with Crippen molar-refractivity contribution in [2.75, 3.05) is 20.2 Å². The number of likely N-dealkylation sites (tertiary alicyclic amines) is 1. The normalized spacial score (nSPS) is 15.1. The van der Waals surface area contributed by atoms with Gasteiger partial charge >= 0.3 is 0 Å². The van der Waals surface area contributed by atoms with Crippen molar-refractivity contribution in [3.63, 3.8) is 0 Å². The highest BCUT2D eigenvalue weighted by Gasteiger charge is 2.27. The Kier molecular flexibility index (Phi) is 6.98. The first-order chi connectivity index (χ1) is 15.4. The van der Waals surface area contributed by atoms with Gasteiger partial charge in [0.2, 0.25) is 15.9 Å². The van der Waals surface area contributed by atoms with E-state index in [4.69, 9.17) is 9.15 Å². The number of hydrogen-bond donors (Lipinski definition) is 1. The maximum Gasteiger partial charge on any atom is 0.250 e. The Morgan fingerprint density at radius 2 is 1.91 bits per heavy atom. The molecule has 1 fully saturated rings. The van der Waals surface area contributed by atoms with Crippen LogP contribution in [0.3, 0.4) is 0 Å². The van der Waals surface area contributed by atoms with Gasteiger partial charge < -0.3 is 14.1 Å². The number of rotatable bonds is 8. The number of aryl methyl sites for hydroxylation is 1. The van der Waals surface area contributed by atoms with Crippen LogP contribution in [0, 0.1) is 0 Å². The summed E-state index contributed by atoms with van der Waals surface area (Å²) in [5.74, 6) is 2.37. The molecule has 0 spiro atoms. The molecule has 1 saturated heterocycles. The van der Waals surface area contributed by atoms with Crippen molar-refractivity contribution in [3.05, 3.63) is 59.7 Å². The third-order valence-electron chi connectivity index (χ3n) is 5.55. The molecule has 0 bridgehead atoms. The fourth-order valence-corrected chi connectivity index (χ4v) is 6.07. The highest BCUT2D eigenvalue weighted by atomic mass is 32.2. The monoisotopic (exact) mass is 474 g/mol. The molecule has 170 valence electrons. The van der Waals surface area contributed by atoms with Crippen molar-refractivity contribution < 1.29 is 22.4 Å². The summed E-state index contributed by atoms with van der Waals surface area (Å²) in [6, 6.07) is 14.6. The number of furan rings is 1. The first-order valence-corrected chi connectivity index (χ1v) is 12.9. The molecule has 1 aromatic carbocycles. The van der Waals surface area contributed by atoms with Crippen LogP contribution in [0.4, 0.5) is 0 Å². The van der Waals surface area contributed by atoms with Crippen LogP contribution in [0.1, 0.15) is 25.0 Å². The highest BCUT2D eigenvalue weighted by Crippen LogP contribution is 2.25. The Balaban J connectivity index is 1.24. The number of ether oxygens (including phenoxy) is 1. The van der Waals surface area contributed by atoms with Gasteiger partial charge in [-0.1, -0.05) is 6.07 Å². The zero-order chi connectivity index (χ0) is 22.6. The van der Waals surface area contributed by atoms with Crippen LogP contribution >= 0.6 is 11.3 Å². The molecule has 1 amide bonds. The van der Waals surface area contributed by atoms with Gasteiger partial charge in [-0.2, -0.15) is 0 Å². The maximum atomic E-state index is 12.6. The van der Waals surface area contributed by atoms with E-state index in [0.717, 1.165) is 22.8 Å². The molecule has 0 atom stereocenters. The summed E-state index contributed by atoms with van der Waals surface area (Å²) in [6.45, 7) is 1.09. The first-order valence-electron chi connectivity index (χ1n) is 10.5. The topological polar surface area (TPSA) is 88.9 Å². The maximum absolute atomic E-state index is 12.6. The summed E-state index contributed by atoms with van der Waals surface area (Å²) in [5.41, 5.74) is 0.954. The summed E-state index contributed by atoms with van der Waals surface area (Å²) in [5, 5.41) is 1.74. The highest BCUT2D eigenvalue weighted by molar-refractivity contribution is 7.91. The molecule has 9 heteroatoms. The molecule has 2 aromatic heterocycles. The van der Waals surface area contributed by atoms with Gasteiger partial charge in [0, 0.05) is 37.5 Å². The zero-order valence-electron chi connectivity index (χ0n) is 17.8. The molecular weight excluding hydrogens is 448 g/mol. The molecule has 1 aliphatic rings. The summed E-state index contributed by atoms with van der Waals surface area (Å²) in [6.07, 6.45) is 2.11. The number of carbonyl (C=O) groups is 1. The Bertz CT molecular complexity index is 1130. The van der Waals surface area contributed by atoms with E-state index < -0.39 is 10.0 Å². The second-order valence-electron chi connectivity index (χ2n) is 7.70. The second-order valence-corrected chi connectivity index (χ2v) is 10.6. The standard InChI is InChI=1S/C23H26N2O5S2/c1-29-19-6-4-17(5-7-19)21-10-8-20(30-21)9-11-22(26)25-14-12-18(13-15-25)24-32(27,28)23-3-2-16-31-23/h2-8,10,16,18,24H,9,11-15H2,1H3. The Morgan fingerprint density at radius 3 is 2.56 bits per heavy atom. The number of nitrogens with one attached hydrogen (secondary N) is 1. The van der Waals surface area contributed by atoms with Crippen LogP contribution in [0.2, 0.25) is 0 Å². The van der Waals surface area contributed by atoms with Crippen LogP contribution < -0.4 is 9.46 Å². The first kappa shape index (κ1) is 22.6. The fraction of sp³-hybridized carbons (Fsp3) is 0.348. The average molecular weight is 475 g/mol. The zero-order valence-corrected chi connectivity index (χ0v) is 19.5. The van der Waals surface area contributed by atoms with Crippen molar-refractivity contribution in [3.8, 4) is 17.1 Å². The number of carbonyl (C=O) groups excluding carboxylic acids is 1. The van der Waals surface area contributed by atoms with Gasteiger partial charge in [0.05, 0.1) is 7.11 Å². The van der Waals surface area contributed by atoms with Crippen molar-refractivity contribution in [1.29, 1.82) is 0 Å². The van der Waals surface area contributed by atoms with Crippen LogP contribution in [0.15, 0.2) is 62.5 Å². The number of methoxy groups -OCH3 is 1. The van der Waals surface area contributed by atoms with Crippen LogP contribution in [-0.4, -0.2) is 45.5 Å². The summed E-state index contributed by atoms with van der Waals surface area (Å²) in [4.78, 5) is 14.4. The van der Waals surface area contributed by atoms with E-state index in [9.17, 15) is 13.2 Å². The smallest absolute Gasteiger partial charge is 0.250 e. The minimum absolute atomic E-state index is 0.0620. The van der Waals surface area contributed by atoms with Crippen molar-refractivity contribution in [1.82, 2.24) is 9.62 Å². The average Bonchev–Trinajstić information content (AvgIpc) is 3.51. The predicted molar refractivity (Wildman–Crippen MR) is 123 cm³/mol. The molecule has 32 heavy (non-hydrogen) atoms. The van der Waals surface area contributed by atoms with E-state index in [1.54, 1.807) is 24.6 Å². The molecule has 4 rings (SSSR count). The van der Waals surface area contributed by atoms with Gasteiger partial charge in [-0.25, -0.2) is 13.1 Å². The molecule has 1 N–H and O–H groups in total. The van der Waals surface area contributed by atoms with Crippen molar-refractivity contribution >= 4 is 27.3 Å². The third kappa shape index (κ3) is 5.40. The summed E-state index contributed by atoms with van der Waals surface area (Å²) < 4.78 is 38.9. The quantitative estimate of drug-likeness (QED) is 0.535. The van der Waals surface area contributed by atoms with Gasteiger partial charge in [-0.3, -0.25) is 4.79 Å². The third-order valence-corrected chi connectivity index (χ3v) is 8.47. The molecule has 1 aliphatic heterocycles. The number of nitrogens with zero attached hydrogens (tertiary/aromatic N) is 1. The van der Waals surface area contributed by atoms with Crippen LogP contribution in [0.25, 0.3) is 11.3 Å². The summed E-state index contributed by atoms with van der Waals surface area (Å²) in [7, 11) is -1.85. The predicted octanol–water partition coefficient (Wildman–Crippen LogP) is 3.92.